The molecular weight excluding hydrogens is 262 g/mol. The van der Waals surface area contributed by atoms with Crippen molar-refractivity contribution in [2.75, 3.05) is 13.7 Å². The molecule has 1 aromatic carbocycles. The van der Waals surface area contributed by atoms with Crippen LogP contribution in [0.25, 0.3) is 0 Å². The van der Waals surface area contributed by atoms with Gasteiger partial charge in [0.2, 0.25) is 0 Å². The van der Waals surface area contributed by atoms with Gasteiger partial charge in [0, 0.05) is 6.07 Å². The summed E-state index contributed by atoms with van der Waals surface area (Å²) in [5.74, 6) is -0.304. The van der Waals surface area contributed by atoms with Crippen LogP contribution in [0.1, 0.15) is 12.5 Å². The van der Waals surface area contributed by atoms with Gasteiger partial charge in [-0.2, -0.15) is 0 Å². The second-order valence-electron chi connectivity index (χ2n) is 3.37. The van der Waals surface area contributed by atoms with Gasteiger partial charge < -0.3 is 9.47 Å². The first-order valence-corrected chi connectivity index (χ1v) is 5.53. The lowest BCUT2D eigenvalue weighted by atomic mass is 10.1. The van der Waals surface area contributed by atoms with Crippen LogP contribution in [-0.2, 0) is 16.0 Å². The average Bonchev–Trinajstić information content (AvgIpc) is 2.31. The minimum absolute atomic E-state index is 0.0673. The Hall–Kier alpha value is -1.82. The highest BCUT2D eigenvalue weighted by molar-refractivity contribution is 6.34. The number of nitro groups is 1. The summed E-state index contributed by atoms with van der Waals surface area (Å²) in [4.78, 5) is 21.5. The zero-order valence-electron chi connectivity index (χ0n) is 9.94. The van der Waals surface area contributed by atoms with Crippen LogP contribution in [-0.4, -0.2) is 24.6 Å². The van der Waals surface area contributed by atoms with Gasteiger partial charge in [0.05, 0.1) is 25.1 Å². The Morgan fingerprint density at radius 3 is 2.67 bits per heavy atom. The molecule has 0 heterocycles. The van der Waals surface area contributed by atoms with Gasteiger partial charge in [0.1, 0.15) is 5.75 Å². The summed E-state index contributed by atoms with van der Waals surface area (Å²) in [7, 11) is 1.35. The largest absolute Gasteiger partial charge is 0.495 e. The molecule has 0 aliphatic heterocycles. The van der Waals surface area contributed by atoms with Gasteiger partial charge in [0.15, 0.2) is 5.02 Å². The molecule has 98 valence electrons. The molecule has 0 aliphatic rings. The number of halogens is 1. The number of ether oxygens (including phenoxy) is 2. The fourth-order valence-corrected chi connectivity index (χ4v) is 1.66. The summed E-state index contributed by atoms with van der Waals surface area (Å²) in [5, 5.41) is 10.7. The molecule has 6 nitrogen and oxygen atoms in total. The molecule has 0 saturated heterocycles. The highest BCUT2D eigenvalue weighted by Gasteiger charge is 2.19. The molecule has 0 amide bonds. The van der Waals surface area contributed by atoms with Gasteiger partial charge >= 0.3 is 5.97 Å². The summed E-state index contributed by atoms with van der Waals surface area (Å²) >= 11 is 5.79. The van der Waals surface area contributed by atoms with Gasteiger partial charge in [-0.1, -0.05) is 11.6 Å². The predicted molar refractivity (Wildman–Crippen MR) is 65.0 cm³/mol. The lowest BCUT2D eigenvalue weighted by molar-refractivity contribution is -0.384. The number of benzene rings is 1. The molecule has 0 N–H and O–H groups in total. The van der Waals surface area contributed by atoms with Crippen LogP contribution in [0.4, 0.5) is 5.69 Å². The second-order valence-corrected chi connectivity index (χ2v) is 3.75. The first-order valence-electron chi connectivity index (χ1n) is 5.16. The van der Waals surface area contributed by atoms with E-state index in [4.69, 9.17) is 21.1 Å². The Balaban J connectivity index is 3.10. The lowest BCUT2D eigenvalue weighted by Gasteiger charge is -2.07. The van der Waals surface area contributed by atoms with Crippen molar-refractivity contribution in [2.24, 2.45) is 0 Å². The van der Waals surface area contributed by atoms with E-state index in [-0.39, 0.29) is 29.5 Å². The molecule has 0 fully saturated rings. The van der Waals surface area contributed by atoms with Crippen molar-refractivity contribution in [1.29, 1.82) is 0 Å². The predicted octanol–water partition coefficient (Wildman–Crippen LogP) is 2.36. The van der Waals surface area contributed by atoms with Crippen molar-refractivity contribution >= 4 is 23.3 Å². The molecule has 1 aromatic rings. The summed E-state index contributed by atoms with van der Waals surface area (Å²) in [6.07, 6.45) is -0.0673. The quantitative estimate of drug-likeness (QED) is 0.467. The monoisotopic (exact) mass is 273 g/mol. The first-order chi connectivity index (χ1) is 8.49. The van der Waals surface area contributed by atoms with Crippen molar-refractivity contribution in [2.45, 2.75) is 13.3 Å². The third kappa shape index (κ3) is 3.33. The van der Waals surface area contributed by atoms with Crippen LogP contribution < -0.4 is 4.74 Å². The Kier molecular flexibility index (Phi) is 4.91. The van der Waals surface area contributed by atoms with Crippen molar-refractivity contribution in [3.05, 3.63) is 32.8 Å². The van der Waals surface area contributed by atoms with E-state index in [0.717, 1.165) is 0 Å². The highest BCUT2D eigenvalue weighted by Crippen LogP contribution is 2.35. The number of esters is 1. The summed E-state index contributed by atoms with van der Waals surface area (Å²) in [6.45, 7) is 1.94. The van der Waals surface area contributed by atoms with Crippen molar-refractivity contribution < 1.29 is 19.2 Å². The number of methoxy groups -OCH3 is 1. The van der Waals surface area contributed by atoms with Crippen molar-refractivity contribution in [3.63, 3.8) is 0 Å². The molecule has 0 aliphatic carbocycles. The van der Waals surface area contributed by atoms with Crippen LogP contribution in [0.15, 0.2) is 12.1 Å². The Labute approximate surface area is 109 Å². The molecule has 0 aromatic heterocycles. The first kappa shape index (κ1) is 14.2. The zero-order valence-corrected chi connectivity index (χ0v) is 10.7. The van der Waals surface area contributed by atoms with Gasteiger partial charge in [-0.15, -0.1) is 0 Å². The van der Waals surface area contributed by atoms with Crippen LogP contribution in [0, 0.1) is 10.1 Å². The number of hydrogen-bond acceptors (Lipinski definition) is 5. The molecule has 0 spiro atoms. The molecule has 0 radical (unpaired) electrons. The maximum absolute atomic E-state index is 11.3. The van der Waals surface area contributed by atoms with E-state index < -0.39 is 10.9 Å². The number of nitrogens with zero attached hydrogens (tertiary/aromatic N) is 1. The van der Waals surface area contributed by atoms with E-state index in [1.54, 1.807) is 6.92 Å². The van der Waals surface area contributed by atoms with Crippen LogP contribution in [0.3, 0.4) is 0 Å². The fourth-order valence-electron chi connectivity index (χ4n) is 1.40. The smallest absolute Gasteiger partial charge is 0.310 e. The third-order valence-corrected chi connectivity index (χ3v) is 2.53. The Morgan fingerprint density at radius 1 is 1.50 bits per heavy atom. The van der Waals surface area contributed by atoms with Gasteiger partial charge in [-0.3, -0.25) is 14.9 Å². The summed E-state index contributed by atoms with van der Waals surface area (Å²) in [5.41, 5.74) is 0.122. The summed E-state index contributed by atoms with van der Waals surface area (Å²) < 4.78 is 9.70. The third-order valence-electron chi connectivity index (χ3n) is 2.15. The highest BCUT2D eigenvalue weighted by atomic mass is 35.5. The van der Waals surface area contributed by atoms with Crippen LogP contribution in [0.2, 0.25) is 5.02 Å². The van der Waals surface area contributed by atoms with Crippen LogP contribution >= 0.6 is 11.6 Å². The fraction of sp³-hybridized carbons (Fsp3) is 0.364. The van der Waals surface area contributed by atoms with E-state index in [9.17, 15) is 14.9 Å². The molecule has 0 unspecified atom stereocenters. The topological polar surface area (TPSA) is 78.7 Å². The van der Waals surface area contributed by atoms with Crippen molar-refractivity contribution in [1.82, 2.24) is 0 Å². The Bertz CT molecular complexity index is 475. The summed E-state index contributed by atoms with van der Waals surface area (Å²) in [6, 6.07) is 2.72. The van der Waals surface area contributed by atoms with Gasteiger partial charge in [-0.05, 0) is 18.6 Å². The molecular formula is C11H12ClNO5. The minimum Gasteiger partial charge on any atom is -0.495 e. The van der Waals surface area contributed by atoms with E-state index in [0.29, 0.717) is 5.56 Å². The van der Waals surface area contributed by atoms with E-state index >= 15 is 0 Å². The van der Waals surface area contributed by atoms with E-state index in [2.05, 4.69) is 0 Å². The van der Waals surface area contributed by atoms with E-state index in [1.165, 1.54) is 19.2 Å². The molecule has 0 atom stereocenters. The Morgan fingerprint density at radius 2 is 2.17 bits per heavy atom. The SMILES string of the molecule is CCOC(=O)Cc1cc(OC)c(Cl)c([N+](=O)[O-])c1. The van der Waals surface area contributed by atoms with Crippen molar-refractivity contribution in [3.8, 4) is 5.75 Å². The number of rotatable bonds is 5. The number of hydrogen-bond donors (Lipinski definition) is 0. The normalized spacial score (nSPS) is 9.94. The maximum Gasteiger partial charge on any atom is 0.310 e. The standard InChI is InChI=1S/C11H12ClNO5/c1-3-18-10(14)6-7-4-8(13(15)16)11(12)9(5-7)17-2/h4-5H,3,6H2,1-2H3. The molecule has 18 heavy (non-hydrogen) atoms. The molecule has 0 bridgehead atoms. The van der Waals surface area contributed by atoms with Gasteiger partial charge in [-0.25, -0.2) is 0 Å². The zero-order chi connectivity index (χ0) is 13.7. The second kappa shape index (κ2) is 6.20. The number of nitro benzene ring substituents is 1. The molecule has 7 heteroatoms. The van der Waals surface area contributed by atoms with Crippen LogP contribution in [0.5, 0.6) is 5.75 Å². The number of carbonyl (C=O) groups excluding carboxylic acids is 1. The minimum atomic E-state index is -0.625. The van der Waals surface area contributed by atoms with E-state index in [1.807, 2.05) is 0 Å². The maximum atomic E-state index is 11.3. The molecule has 1 rings (SSSR count). The molecule has 0 saturated carbocycles. The van der Waals surface area contributed by atoms with Gasteiger partial charge in [0.25, 0.3) is 5.69 Å². The number of carbonyl (C=O) groups is 1. The average molecular weight is 274 g/mol. The lowest BCUT2D eigenvalue weighted by Crippen LogP contribution is -2.08.